The minimum absolute atomic E-state index is 0.0848. The van der Waals surface area contributed by atoms with Crippen LogP contribution >= 0.6 is 0 Å². The lowest BCUT2D eigenvalue weighted by atomic mass is 9.82. The van der Waals surface area contributed by atoms with Gasteiger partial charge >= 0.3 is 0 Å². The van der Waals surface area contributed by atoms with Crippen LogP contribution in [0.2, 0.25) is 18.6 Å². The first-order valence-corrected chi connectivity index (χ1v) is 13.9. The lowest BCUT2D eigenvalue weighted by Crippen LogP contribution is -2.45. The second-order valence-electron chi connectivity index (χ2n) is 9.29. The molecule has 2 aliphatic rings. The molecular weight excluding hydrogens is 424 g/mol. The maximum absolute atomic E-state index is 13.6. The zero-order chi connectivity index (χ0) is 23.3. The molecule has 0 saturated carbocycles. The Morgan fingerprint density at radius 2 is 1.91 bits per heavy atom. The molecule has 3 N–H and O–H groups in total. The van der Waals surface area contributed by atoms with Gasteiger partial charge in [-0.1, -0.05) is 25.1 Å². The quantitative estimate of drug-likeness (QED) is 0.603. The molecule has 0 unspecified atom stereocenters. The highest BCUT2D eigenvalue weighted by Crippen LogP contribution is 2.59. The third-order valence-corrected chi connectivity index (χ3v) is 9.32. The first-order chi connectivity index (χ1) is 15.1. The van der Waals surface area contributed by atoms with Crippen LogP contribution in [-0.4, -0.2) is 49.8 Å². The zero-order valence-corrected chi connectivity index (χ0v) is 19.8. The second kappa shape index (κ2) is 8.11. The van der Waals surface area contributed by atoms with Gasteiger partial charge in [-0.3, -0.25) is 9.59 Å². The fourth-order valence-electron chi connectivity index (χ4n) is 5.45. The lowest BCUT2D eigenvalue weighted by Gasteiger charge is -2.32. The number of carbonyl (C=O) groups is 2. The highest BCUT2D eigenvalue weighted by molar-refractivity contribution is 6.71. The fraction of sp³-hybridized carbons (Fsp3) is 0.417. The molecule has 2 heterocycles. The molecule has 1 spiro atoms. The molecule has 32 heavy (non-hydrogen) atoms. The topological polar surface area (TPSA) is 99.1 Å². The van der Waals surface area contributed by atoms with Crippen LogP contribution < -0.4 is 10.2 Å². The summed E-state index contributed by atoms with van der Waals surface area (Å²) in [4.78, 5) is 38.8. The third kappa shape index (κ3) is 3.47. The van der Waals surface area contributed by atoms with Gasteiger partial charge in [-0.2, -0.15) is 0 Å². The summed E-state index contributed by atoms with van der Waals surface area (Å²) >= 11 is 0. The molecular formula is C24H30N2O5Si. The Balaban J connectivity index is 1.76. The van der Waals surface area contributed by atoms with Crippen molar-refractivity contribution in [3.05, 3.63) is 59.7 Å². The van der Waals surface area contributed by atoms with Gasteiger partial charge in [-0.05, 0) is 49.8 Å². The summed E-state index contributed by atoms with van der Waals surface area (Å²) in [7, 11) is -1.00. The van der Waals surface area contributed by atoms with E-state index in [1.807, 2.05) is 32.2 Å². The Bertz CT molecular complexity index is 1040. The molecule has 0 aromatic heterocycles. The van der Waals surface area contributed by atoms with E-state index in [0.29, 0.717) is 23.2 Å². The van der Waals surface area contributed by atoms with Gasteiger partial charge in [0, 0.05) is 41.9 Å². The van der Waals surface area contributed by atoms with Crippen molar-refractivity contribution in [1.82, 2.24) is 0 Å². The van der Waals surface area contributed by atoms with Crippen molar-refractivity contribution < 1.29 is 24.2 Å². The number of aliphatic hydroxyl groups excluding tert-OH is 1. The van der Waals surface area contributed by atoms with E-state index in [2.05, 4.69) is 5.32 Å². The van der Waals surface area contributed by atoms with E-state index >= 15 is 0 Å². The monoisotopic (exact) mass is 454 g/mol. The van der Waals surface area contributed by atoms with Crippen LogP contribution in [0.4, 0.5) is 11.4 Å². The van der Waals surface area contributed by atoms with Gasteiger partial charge in [0.1, 0.15) is 0 Å². The molecule has 8 heteroatoms. The SMILES string of the molecule is C[C@@H]1[C@@H]([Si](C)(C)O)[C@H](CCO)O[C@@]12C(=O)N(C)c1ccc(NC(=O)c3ccccc3)cc12. The number of amides is 2. The number of benzene rings is 2. The summed E-state index contributed by atoms with van der Waals surface area (Å²) in [5.41, 5.74) is 1.04. The van der Waals surface area contributed by atoms with E-state index in [0.717, 1.165) is 5.69 Å². The molecule has 4 atom stereocenters. The van der Waals surface area contributed by atoms with E-state index < -0.39 is 20.0 Å². The number of likely N-dealkylation sites (N-methyl/N-ethyl adjacent to an activating group) is 1. The third-order valence-electron chi connectivity index (χ3n) is 6.82. The summed E-state index contributed by atoms with van der Waals surface area (Å²) < 4.78 is 6.47. The van der Waals surface area contributed by atoms with Crippen LogP contribution in [0, 0.1) is 5.92 Å². The summed E-state index contributed by atoms with van der Waals surface area (Å²) in [6.45, 7) is 5.56. The zero-order valence-electron chi connectivity index (χ0n) is 18.8. The number of nitrogens with zero attached hydrogens (tertiary/aromatic N) is 1. The molecule has 2 aromatic carbocycles. The van der Waals surface area contributed by atoms with Crippen molar-refractivity contribution in [3.8, 4) is 0 Å². The standard InChI is InChI=1S/C24H30N2O5Si/c1-15-21(32(3,4)30)20(12-13-27)31-24(15)18-14-17(10-11-19(18)26(2)23(24)29)25-22(28)16-8-6-5-7-9-16/h5-11,14-15,20-21,27,30H,12-13H2,1-4H3,(H,25,28)/t15-,20+,21-,24+/m1/s1. The number of fused-ring (bicyclic) bond motifs is 2. The van der Waals surface area contributed by atoms with Gasteiger partial charge in [0.15, 0.2) is 13.9 Å². The second-order valence-corrected chi connectivity index (χ2v) is 13.3. The summed E-state index contributed by atoms with van der Waals surface area (Å²) in [6, 6.07) is 14.3. The maximum atomic E-state index is 13.6. The molecule has 0 aliphatic carbocycles. The lowest BCUT2D eigenvalue weighted by molar-refractivity contribution is -0.145. The summed E-state index contributed by atoms with van der Waals surface area (Å²) in [5, 5.41) is 12.5. The molecule has 2 amide bonds. The van der Waals surface area contributed by atoms with Crippen molar-refractivity contribution >= 4 is 31.5 Å². The average Bonchev–Trinajstić information content (AvgIpc) is 3.16. The number of ether oxygens (including phenoxy) is 1. The van der Waals surface area contributed by atoms with Crippen LogP contribution in [0.15, 0.2) is 48.5 Å². The van der Waals surface area contributed by atoms with E-state index in [4.69, 9.17) is 4.74 Å². The maximum Gasteiger partial charge on any atom is 0.264 e. The Morgan fingerprint density at radius 1 is 1.22 bits per heavy atom. The molecule has 0 bridgehead atoms. The largest absolute Gasteiger partial charge is 0.432 e. The molecule has 2 aliphatic heterocycles. The number of rotatable bonds is 5. The van der Waals surface area contributed by atoms with Crippen molar-refractivity contribution in [1.29, 1.82) is 0 Å². The van der Waals surface area contributed by atoms with Gasteiger partial charge in [0.05, 0.1) is 11.8 Å². The molecule has 170 valence electrons. The number of nitrogens with one attached hydrogen (secondary N) is 1. The smallest absolute Gasteiger partial charge is 0.264 e. The Morgan fingerprint density at radius 3 is 2.53 bits per heavy atom. The number of hydrogen-bond acceptors (Lipinski definition) is 5. The van der Waals surface area contributed by atoms with Crippen LogP contribution in [-0.2, 0) is 15.1 Å². The van der Waals surface area contributed by atoms with E-state index in [1.165, 1.54) is 0 Å². The van der Waals surface area contributed by atoms with Crippen LogP contribution in [0.5, 0.6) is 0 Å². The van der Waals surface area contributed by atoms with Gasteiger partial charge in [0.2, 0.25) is 0 Å². The van der Waals surface area contributed by atoms with Gasteiger partial charge in [0.25, 0.3) is 11.8 Å². The first kappa shape index (κ1) is 22.7. The molecule has 7 nitrogen and oxygen atoms in total. The number of carbonyl (C=O) groups excluding carboxylic acids is 2. The highest BCUT2D eigenvalue weighted by Gasteiger charge is 2.65. The van der Waals surface area contributed by atoms with Crippen LogP contribution in [0.1, 0.15) is 29.3 Å². The van der Waals surface area contributed by atoms with Crippen molar-refractivity contribution in [2.75, 3.05) is 23.9 Å². The highest BCUT2D eigenvalue weighted by atomic mass is 28.4. The van der Waals surface area contributed by atoms with Crippen LogP contribution in [0.3, 0.4) is 0 Å². The fourth-order valence-corrected chi connectivity index (χ4v) is 8.05. The van der Waals surface area contributed by atoms with E-state index in [9.17, 15) is 19.5 Å². The van der Waals surface area contributed by atoms with Gasteiger partial charge in [-0.25, -0.2) is 0 Å². The van der Waals surface area contributed by atoms with E-state index in [-0.39, 0.29) is 29.9 Å². The van der Waals surface area contributed by atoms with Gasteiger partial charge < -0.3 is 24.9 Å². The van der Waals surface area contributed by atoms with Crippen LogP contribution in [0.25, 0.3) is 0 Å². The minimum atomic E-state index is -2.71. The van der Waals surface area contributed by atoms with Crippen molar-refractivity contribution in [2.45, 2.75) is 43.7 Å². The Kier molecular flexibility index (Phi) is 5.75. The Hall–Kier alpha value is -2.52. The average molecular weight is 455 g/mol. The number of anilines is 2. The minimum Gasteiger partial charge on any atom is -0.432 e. The number of aliphatic hydroxyl groups is 1. The molecule has 1 saturated heterocycles. The normalized spacial score (nSPS) is 27.1. The predicted molar refractivity (Wildman–Crippen MR) is 125 cm³/mol. The van der Waals surface area contributed by atoms with E-state index in [1.54, 1.807) is 48.3 Å². The summed E-state index contributed by atoms with van der Waals surface area (Å²) in [5.74, 6) is -0.713. The first-order valence-electron chi connectivity index (χ1n) is 10.9. The Labute approximate surface area is 189 Å². The molecule has 2 aromatic rings. The molecule has 4 rings (SSSR count). The van der Waals surface area contributed by atoms with Crippen molar-refractivity contribution in [2.24, 2.45) is 5.92 Å². The molecule has 0 radical (unpaired) electrons. The van der Waals surface area contributed by atoms with Gasteiger partial charge in [-0.15, -0.1) is 0 Å². The predicted octanol–water partition coefficient (Wildman–Crippen LogP) is 3.10. The number of hydrogen-bond donors (Lipinski definition) is 3. The summed E-state index contributed by atoms with van der Waals surface area (Å²) in [6.07, 6.45) is -0.0719. The van der Waals surface area contributed by atoms with Crippen molar-refractivity contribution in [3.63, 3.8) is 0 Å². The molecule has 1 fully saturated rings.